The maximum absolute atomic E-state index is 12.6. The van der Waals surface area contributed by atoms with E-state index in [9.17, 15) is 4.79 Å². The van der Waals surface area contributed by atoms with Crippen LogP contribution in [0, 0.1) is 0 Å². The number of rotatable bonds is 8. The van der Waals surface area contributed by atoms with E-state index in [4.69, 9.17) is 28.2 Å². The number of benzene rings is 3. The Balaban J connectivity index is 1.30. The Morgan fingerprint density at radius 3 is 2.36 bits per heavy atom. The largest absolute Gasteiger partial charge is 0.351 e. The summed E-state index contributed by atoms with van der Waals surface area (Å²) in [6, 6.07) is 21.5. The van der Waals surface area contributed by atoms with Crippen LogP contribution in [0.25, 0.3) is 11.0 Å². The second-order valence-corrected chi connectivity index (χ2v) is 10.1. The summed E-state index contributed by atoms with van der Waals surface area (Å²) in [6.07, 6.45) is 4.37. The highest BCUT2D eigenvalue weighted by Crippen LogP contribution is 2.28. The molecule has 4 aromatic rings. The number of carbonyl (C=O) groups is 1. The minimum Gasteiger partial charge on any atom is -0.351 e. The van der Waals surface area contributed by atoms with Gasteiger partial charge in [0.25, 0.3) is 5.91 Å². The van der Waals surface area contributed by atoms with E-state index >= 15 is 0 Å². The summed E-state index contributed by atoms with van der Waals surface area (Å²) >= 11 is 12.9. The predicted molar refractivity (Wildman–Crippen MR) is 147 cm³/mol. The second kappa shape index (κ2) is 11.5. The van der Waals surface area contributed by atoms with E-state index in [-0.39, 0.29) is 5.91 Å². The topological polar surface area (TPSA) is 50.2 Å². The lowest BCUT2D eigenvalue weighted by atomic mass is 10.1. The minimum absolute atomic E-state index is 0.0271. The van der Waals surface area contributed by atoms with Crippen LogP contribution in [-0.4, -0.2) is 46.5 Å². The van der Waals surface area contributed by atoms with Crippen LogP contribution in [0.2, 0.25) is 10.0 Å². The Morgan fingerprint density at radius 1 is 0.889 bits per heavy atom. The average molecular weight is 521 g/mol. The van der Waals surface area contributed by atoms with Gasteiger partial charge in [0.2, 0.25) is 0 Å². The zero-order chi connectivity index (χ0) is 24.9. The molecule has 0 unspecified atom stereocenters. The molecule has 2 heterocycles. The fourth-order valence-corrected chi connectivity index (χ4v) is 5.38. The Kier molecular flexibility index (Phi) is 7.90. The lowest BCUT2D eigenvalue weighted by Gasteiger charge is -2.26. The molecular formula is C29H30Cl2N4O. The van der Waals surface area contributed by atoms with Gasteiger partial charge in [-0.1, -0.05) is 60.0 Å². The molecule has 5 rings (SSSR count). The maximum atomic E-state index is 12.6. The van der Waals surface area contributed by atoms with E-state index in [1.807, 2.05) is 60.7 Å². The summed E-state index contributed by atoms with van der Waals surface area (Å²) in [5, 5.41) is 4.33. The molecule has 1 amide bonds. The van der Waals surface area contributed by atoms with Crippen LogP contribution in [0.5, 0.6) is 0 Å². The molecule has 0 spiro atoms. The van der Waals surface area contributed by atoms with Gasteiger partial charge in [-0.2, -0.15) is 0 Å². The van der Waals surface area contributed by atoms with Crippen molar-refractivity contribution < 1.29 is 4.79 Å². The molecule has 0 saturated carbocycles. The first-order valence-electron chi connectivity index (χ1n) is 12.5. The zero-order valence-electron chi connectivity index (χ0n) is 20.2. The van der Waals surface area contributed by atoms with E-state index in [0.29, 0.717) is 35.1 Å². The molecule has 0 radical (unpaired) electrons. The number of nitrogens with zero attached hydrogens (tertiary/aromatic N) is 3. The van der Waals surface area contributed by atoms with Gasteiger partial charge in [-0.05, 0) is 73.5 Å². The third-order valence-corrected chi connectivity index (χ3v) is 7.56. The van der Waals surface area contributed by atoms with Crippen molar-refractivity contribution in [3.8, 4) is 0 Å². The molecule has 1 saturated heterocycles. The average Bonchev–Trinajstić information content (AvgIpc) is 3.24. The molecule has 1 aliphatic rings. The summed E-state index contributed by atoms with van der Waals surface area (Å²) in [5.41, 5.74) is 4.62. The number of piperidine rings is 1. The first-order valence-corrected chi connectivity index (χ1v) is 13.3. The van der Waals surface area contributed by atoms with Crippen molar-refractivity contribution in [3.05, 3.63) is 99.3 Å². The van der Waals surface area contributed by atoms with Gasteiger partial charge >= 0.3 is 0 Å². The van der Waals surface area contributed by atoms with Crippen molar-refractivity contribution >= 4 is 40.1 Å². The monoisotopic (exact) mass is 520 g/mol. The number of hydrogen-bond acceptors (Lipinski definition) is 3. The van der Waals surface area contributed by atoms with Crippen LogP contribution in [0.1, 0.15) is 46.6 Å². The standard InChI is InChI=1S/C29H30Cl2N4O/c30-24-7-6-8-25(31)23(24)19-28-33-26-9-2-3-10-27(26)35(28)20-21-11-13-22(14-12-21)29(36)32-15-18-34-16-4-1-5-17-34/h2-3,6-14H,1,4-5,15-20H2,(H,32,36). The molecule has 1 aromatic heterocycles. The first-order chi connectivity index (χ1) is 17.6. The summed E-state index contributed by atoms with van der Waals surface area (Å²) in [7, 11) is 0. The normalized spacial score (nSPS) is 14.3. The number of aromatic nitrogens is 2. The lowest BCUT2D eigenvalue weighted by molar-refractivity contribution is 0.0946. The number of carbonyl (C=O) groups excluding carboxylic acids is 1. The summed E-state index contributed by atoms with van der Waals surface area (Å²) in [4.78, 5) is 19.9. The van der Waals surface area contributed by atoms with E-state index in [1.54, 1.807) is 0 Å². The molecule has 0 bridgehead atoms. The number of para-hydroxylation sites is 2. The first kappa shape index (κ1) is 24.8. The minimum atomic E-state index is -0.0271. The van der Waals surface area contributed by atoms with Crippen LogP contribution < -0.4 is 5.32 Å². The number of imidazole rings is 1. The smallest absolute Gasteiger partial charge is 0.251 e. The Hall–Kier alpha value is -2.86. The van der Waals surface area contributed by atoms with Crippen molar-refractivity contribution in [1.29, 1.82) is 0 Å². The Labute approximate surface area is 222 Å². The summed E-state index contributed by atoms with van der Waals surface area (Å²) in [5.74, 6) is 0.867. The van der Waals surface area contributed by atoms with Gasteiger partial charge < -0.3 is 14.8 Å². The molecule has 0 aliphatic carbocycles. The fraction of sp³-hybridized carbons (Fsp3) is 0.310. The van der Waals surface area contributed by atoms with Crippen LogP contribution in [0.3, 0.4) is 0 Å². The van der Waals surface area contributed by atoms with E-state index in [0.717, 1.165) is 47.6 Å². The number of nitrogens with one attached hydrogen (secondary N) is 1. The van der Waals surface area contributed by atoms with Crippen molar-refractivity contribution in [2.24, 2.45) is 0 Å². The number of likely N-dealkylation sites (tertiary alicyclic amines) is 1. The van der Waals surface area contributed by atoms with Crippen molar-refractivity contribution in [3.63, 3.8) is 0 Å². The third-order valence-electron chi connectivity index (χ3n) is 6.85. The predicted octanol–water partition coefficient (Wildman–Crippen LogP) is 6.20. The zero-order valence-corrected chi connectivity index (χ0v) is 21.7. The molecule has 5 nitrogen and oxygen atoms in total. The van der Waals surface area contributed by atoms with Crippen molar-refractivity contribution in [2.75, 3.05) is 26.2 Å². The van der Waals surface area contributed by atoms with Crippen LogP contribution in [0.4, 0.5) is 0 Å². The van der Waals surface area contributed by atoms with Crippen molar-refractivity contribution in [2.45, 2.75) is 32.2 Å². The maximum Gasteiger partial charge on any atom is 0.251 e. The van der Waals surface area contributed by atoms with E-state index in [2.05, 4.69) is 20.9 Å². The highest BCUT2D eigenvalue weighted by molar-refractivity contribution is 6.36. The highest BCUT2D eigenvalue weighted by atomic mass is 35.5. The quantitative estimate of drug-likeness (QED) is 0.301. The van der Waals surface area contributed by atoms with Gasteiger partial charge in [0.05, 0.1) is 11.0 Å². The number of hydrogen-bond donors (Lipinski definition) is 1. The van der Waals surface area contributed by atoms with Gasteiger partial charge in [-0.3, -0.25) is 4.79 Å². The number of halogens is 2. The summed E-state index contributed by atoms with van der Waals surface area (Å²) in [6.45, 7) is 4.50. The molecule has 0 atom stereocenters. The molecular weight excluding hydrogens is 491 g/mol. The van der Waals surface area contributed by atoms with Crippen LogP contribution >= 0.6 is 23.2 Å². The number of amides is 1. The van der Waals surface area contributed by atoms with Crippen molar-refractivity contribution in [1.82, 2.24) is 19.8 Å². The molecule has 36 heavy (non-hydrogen) atoms. The Bertz CT molecular complexity index is 1320. The molecule has 1 aliphatic heterocycles. The van der Waals surface area contributed by atoms with Gasteiger partial charge in [0.15, 0.2) is 0 Å². The third kappa shape index (κ3) is 5.75. The Morgan fingerprint density at radius 2 is 1.61 bits per heavy atom. The van der Waals surface area contributed by atoms with Crippen LogP contribution in [-0.2, 0) is 13.0 Å². The van der Waals surface area contributed by atoms with Gasteiger partial charge in [0, 0.05) is 41.7 Å². The van der Waals surface area contributed by atoms with E-state index < -0.39 is 0 Å². The van der Waals surface area contributed by atoms with Crippen LogP contribution in [0.15, 0.2) is 66.7 Å². The molecule has 7 heteroatoms. The second-order valence-electron chi connectivity index (χ2n) is 9.34. The van der Waals surface area contributed by atoms with Gasteiger partial charge in [0.1, 0.15) is 5.82 Å². The number of fused-ring (bicyclic) bond motifs is 1. The highest BCUT2D eigenvalue weighted by Gasteiger charge is 2.16. The van der Waals surface area contributed by atoms with Gasteiger partial charge in [-0.15, -0.1) is 0 Å². The summed E-state index contributed by atoms with van der Waals surface area (Å²) < 4.78 is 2.20. The lowest BCUT2D eigenvalue weighted by Crippen LogP contribution is -2.37. The molecule has 3 aromatic carbocycles. The molecule has 1 N–H and O–H groups in total. The van der Waals surface area contributed by atoms with E-state index in [1.165, 1.54) is 19.3 Å². The molecule has 1 fully saturated rings. The van der Waals surface area contributed by atoms with Gasteiger partial charge in [-0.25, -0.2) is 4.98 Å². The SMILES string of the molecule is O=C(NCCN1CCCCC1)c1ccc(Cn2c(Cc3c(Cl)cccc3Cl)nc3ccccc32)cc1. The molecule has 186 valence electrons. The fourth-order valence-electron chi connectivity index (χ4n) is 4.85.